The molecule has 3 unspecified atom stereocenters. The van der Waals surface area contributed by atoms with Gasteiger partial charge in [0.05, 0.1) is 18.1 Å². The van der Waals surface area contributed by atoms with Gasteiger partial charge in [-0.3, -0.25) is 4.79 Å². The first-order valence-electron chi connectivity index (χ1n) is 8.36. The first-order valence-corrected chi connectivity index (χ1v) is 10.7. The maximum Gasteiger partial charge on any atom is 0.252 e. The molecule has 2 fully saturated rings. The molecular weight excluding hydrogens is 348 g/mol. The van der Waals surface area contributed by atoms with Crippen LogP contribution in [-0.2, 0) is 19.6 Å². The van der Waals surface area contributed by atoms with Crippen LogP contribution in [0.5, 0.6) is 0 Å². The molecule has 1 amide bonds. The molecule has 8 heteroatoms. The minimum Gasteiger partial charge on any atom is -0.372 e. The number of rotatable bonds is 3. The van der Waals surface area contributed by atoms with Gasteiger partial charge in [0.2, 0.25) is 5.91 Å². The maximum absolute atomic E-state index is 12.9. The zero-order valence-corrected chi connectivity index (χ0v) is 15.7. The van der Waals surface area contributed by atoms with E-state index in [2.05, 4.69) is 0 Å². The summed E-state index contributed by atoms with van der Waals surface area (Å²) in [5.41, 5.74) is 0. The van der Waals surface area contributed by atoms with Gasteiger partial charge in [0, 0.05) is 26.2 Å². The number of piperidine rings is 1. The molecule has 3 atom stereocenters. The van der Waals surface area contributed by atoms with E-state index in [1.807, 2.05) is 18.7 Å². The van der Waals surface area contributed by atoms with Gasteiger partial charge >= 0.3 is 0 Å². The van der Waals surface area contributed by atoms with Crippen LogP contribution in [0.1, 0.15) is 26.7 Å². The van der Waals surface area contributed by atoms with E-state index in [0.717, 1.165) is 12.8 Å². The number of carbonyl (C=O) groups excluding carboxylic acids is 1. The van der Waals surface area contributed by atoms with Crippen LogP contribution >= 0.6 is 11.3 Å². The Hall–Kier alpha value is -0.960. The molecule has 2 aliphatic rings. The number of morpholine rings is 1. The molecule has 1 aromatic rings. The fourth-order valence-electron chi connectivity index (χ4n) is 3.52. The van der Waals surface area contributed by atoms with E-state index < -0.39 is 10.0 Å². The number of hydrogen-bond acceptors (Lipinski definition) is 5. The van der Waals surface area contributed by atoms with Gasteiger partial charge in [0.25, 0.3) is 10.0 Å². The van der Waals surface area contributed by atoms with Crippen molar-refractivity contribution >= 4 is 27.3 Å². The summed E-state index contributed by atoms with van der Waals surface area (Å²) in [4.78, 5) is 14.7. The zero-order chi connectivity index (χ0) is 17.3. The van der Waals surface area contributed by atoms with E-state index in [4.69, 9.17) is 4.74 Å². The van der Waals surface area contributed by atoms with Gasteiger partial charge in [0.1, 0.15) is 4.21 Å². The lowest BCUT2D eigenvalue weighted by molar-refractivity contribution is -0.148. The molecule has 0 radical (unpaired) electrons. The van der Waals surface area contributed by atoms with Crippen LogP contribution in [0.15, 0.2) is 21.7 Å². The van der Waals surface area contributed by atoms with Gasteiger partial charge in [0.15, 0.2) is 0 Å². The van der Waals surface area contributed by atoms with Crippen molar-refractivity contribution in [1.82, 2.24) is 9.21 Å². The highest BCUT2D eigenvalue weighted by Crippen LogP contribution is 2.27. The molecule has 0 saturated carbocycles. The molecule has 0 aromatic carbocycles. The van der Waals surface area contributed by atoms with Gasteiger partial charge in [-0.05, 0) is 38.1 Å². The molecule has 3 heterocycles. The highest BCUT2D eigenvalue weighted by atomic mass is 32.2. The quantitative estimate of drug-likeness (QED) is 0.811. The summed E-state index contributed by atoms with van der Waals surface area (Å²) in [6, 6.07) is 3.36. The van der Waals surface area contributed by atoms with Crippen LogP contribution < -0.4 is 0 Å². The molecule has 2 aliphatic heterocycles. The minimum absolute atomic E-state index is 0.0206. The number of amides is 1. The monoisotopic (exact) mass is 372 g/mol. The number of sulfonamides is 1. The molecule has 134 valence electrons. The van der Waals surface area contributed by atoms with Gasteiger partial charge in [-0.2, -0.15) is 4.31 Å². The van der Waals surface area contributed by atoms with Gasteiger partial charge in [-0.1, -0.05) is 6.07 Å². The van der Waals surface area contributed by atoms with E-state index in [0.29, 0.717) is 23.8 Å². The zero-order valence-electron chi connectivity index (χ0n) is 14.1. The normalized spacial score (nSPS) is 29.6. The van der Waals surface area contributed by atoms with Crippen LogP contribution in [0.2, 0.25) is 0 Å². The largest absolute Gasteiger partial charge is 0.372 e. The lowest BCUT2D eigenvalue weighted by Gasteiger charge is -2.39. The highest BCUT2D eigenvalue weighted by molar-refractivity contribution is 7.91. The van der Waals surface area contributed by atoms with Crippen molar-refractivity contribution in [2.75, 3.05) is 26.2 Å². The predicted octanol–water partition coefficient (Wildman–Crippen LogP) is 1.78. The topological polar surface area (TPSA) is 66.9 Å². The molecule has 1 aromatic heterocycles. The predicted molar refractivity (Wildman–Crippen MR) is 92.4 cm³/mol. The first-order chi connectivity index (χ1) is 11.4. The van der Waals surface area contributed by atoms with Crippen molar-refractivity contribution in [3.8, 4) is 0 Å². The maximum atomic E-state index is 12.9. The number of hydrogen-bond donors (Lipinski definition) is 0. The fourth-order valence-corrected chi connectivity index (χ4v) is 6.18. The lowest BCUT2D eigenvalue weighted by atomic mass is 9.97. The average Bonchev–Trinajstić information content (AvgIpc) is 3.08. The fraction of sp³-hybridized carbons (Fsp3) is 0.688. The standard InChI is InChI=1S/C16H24N2O4S2/c1-12-9-17(10-13(2)22-12)16(19)14-5-3-7-18(11-14)24(20,21)15-6-4-8-23-15/h4,6,8,12-14H,3,5,7,9-11H2,1-2H3. The lowest BCUT2D eigenvalue weighted by Crippen LogP contribution is -2.53. The van der Waals surface area contributed by atoms with Gasteiger partial charge in [-0.15, -0.1) is 11.3 Å². The van der Waals surface area contributed by atoms with Crippen molar-refractivity contribution < 1.29 is 17.9 Å². The minimum atomic E-state index is -3.48. The summed E-state index contributed by atoms with van der Waals surface area (Å²) in [6.07, 6.45) is 1.51. The third kappa shape index (κ3) is 3.66. The van der Waals surface area contributed by atoms with Crippen molar-refractivity contribution in [3.05, 3.63) is 17.5 Å². The summed E-state index contributed by atoms with van der Waals surface area (Å²) in [7, 11) is -3.48. The number of carbonyl (C=O) groups is 1. The Bertz CT molecular complexity index is 664. The van der Waals surface area contributed by atoms with Gasteiger partial charge < -0.3 is 9.64 Å². The Morgan fingerprint density at radius 3 is 2.58 bits per heavy atom. The summed E-state index contributed by atoms with van der Waals surface area (Å²) < 4.78 is 32.9. The van der Waals surface area contributed by atoms with Crippen LogP contribution in [-0.4, -0.2) is 61.9 Å². The Balaban J connectivity index is 1.70. The molecule has 24 heavy (non-hydrogen) atoms. The Labute approximate surface area is 147 Å². The van der Waals surface area contributed by atoms with Crippen LogP contribution in [0, 0.1) is 5.92 Å². The van der Waals surface area contributed by atoms with Crippen molar-refractivity contribution in [1.29, 1.82) is 0 Å². The van der Waals surface area contributed by atoms with E-state index in [1.165, 1.54) is 15.6 Å². The Morgan fingerprint density at radius 1 is 1.25 bits per heavy atom. The van der Waals surface area contributed by atoms with Crippen molar-refractivity contribution in [2.24, 2.45) is 5.92 Å². The second kappa shape index (κ2) is 7.11. The molecular formula is C16H24N2O4S2. The number of nitrogens with zero attached hydrogens (tertiary/aromatic N) is 2. The Kier molecular flexibility index (Phi) is 5.29. The molecule has 0 N–H and O–H groups in total. The first kappa shape index (κ1) is 17.8. The third-order valence-corrected chi connectivity index (χ3v) is 7.79. The van der Waals surface area contributed by atoms with Crippen LogP contribution in [0.25, 0.3) is 0 Å². The summed E-state index contributed by atoms with van der Waals surface area (Å²) >= 11 is 1.22. The molecule has 0 bridgehead atoms. The molecule has 3 rings (SSSR count). The third-order valence-electron chi connectivity index (χ3n) is 4.55. The van der Waals surface area contributed by atoms with E-state index in [9.17, 15) is 13.2 Å². The highest BCUT2D eigenvalue weighted by Gasteiger charge is 2.37. The van der Waals surface area contributed by atoms with E-state index >= 15 is 0 Å². The summed E-state index contributed by atoms with van der Waals surface area (Å²) in [5, 5.41) is 1.76. The molecule has 6 nitrogen and oxygen atoms in total. The average molecular weight is 373 g/mol. The van der Waals surface area contributed by atoms with E-state index in [-0.39, 0.29) is 30.6 Å². The van der Waals surface area contributed by atoms with Crippen LogP contribution in [0.3, 0.4) is 0 Å². The Morgan fingerprint density at radius 2 is 1.96 bits per heavy atom. The molecule has 2 saturated heterocycles. The number of ether oxygens (including phenoxy) is 1. The number of thiophene rings is 1. The molecule has 0 spiro atoms. The van der Waals surface area contributed by atoms with Gasteiger partial charge in [-0.25, -0.2) is 8.42 Å². The second-order valence-corrected chi connectivity index (χ2v) is 9.75. The van der Waals surface area contributed by atoms with Crippen molar-refractivity contribution in [2.45, 2.75) is 43.1 Å². The second-order valence-electron chi connectivity index (χ2n) is 6.63. The van der Waals surface area contributed by atoms with Crippen molar-refractivity contribution in [3.63, 3.8) is 0 Å². The summed E-state index contributed by atoms with van der Waals surface area (Å²) in [6.45, 7) is 5.85. The van der Waals surface area contributed by atoms with E-state index in [1.54, 1.807) is 17.5 Å². The SMILES string of the molecule is CC1CN(C(=O)C2CCCN(S(=O)(=O)c3cccs3)C2)CC(C)O1. The summed E-state index contributed by atoms with van der Waals surface area (Å²) in [5.74, 6) is -0.200. The molecule has 0 aliphatic carbocycles. The smallest absolute Gasteiger partial charge is 0.252 e. The van der Waals surface area contributed by atoms with Crippen LogP contribution in [0.4, 0.5) is 0 Å².